The monoisotopic (exact) mass is 320 g/mol. The second kappa shape index (κ2) is 5.66. The zero-order chi connectivity index (χ0) is 16.5. The topological polar surface area (TPSA) is 98.0 Å². The molecule has 0 unspecified atom stereocenters. The van der Waals surface area contributed by atoms with Crippen LogP contribution in [0, 0.1) is 0 Å². The van der Waals surface area contributed by atoms with E-state index in [1.807, 2.05) is 20.8 Å². The van der Waals surface area contributed by atoms with Crippen LogP contribution in [0.4, 0.5) is 5.82 Å². The van der Waals surface area contributed by atoms with Crippen molar-refractivity contribution in [2.24, 2.45) is 0 Å². The largest absolute Gasteiger partial charge is 0.382 e. The number of nitrogen functional groups attached to an aromatic ring is 1. The maximum absolute atomic E-state index is 11.9. The molecule has 1 heterocycles. The standard InChI is InChI=1S/C15H20N4O2S/c1-15(2,3)13-14(16)18-9-12(19-13)10-6-5-7-11(8-10)22(20,21)17-4/h5-9,17H,1-4H3,(H2,16,18). The Kier molecular flexibility index (Phi) is 4.21. The Labute approximate surface area is 130 Å². The van der Waals surface area contributed by atoms with Gasteiger partial charge in [-0.1, -0.05) is 32.9 Å². The lowest BCUT2D eigenvalue weighted by molar-refractivity contribution is 0.569. The number of rotatable bonds is 3. The van der Waals surface area contributed by atoms with Crippen molar-refractivity contribution in [3.8, 4) is 11.3 Å². The van der Waals surface area contributed by atoms with E-state index in [9.17, 15) is 8.42 Å². The minimum atomic E-state index is -3.50. The van der Waals surface area contributed by atoms with Gasteiger partial charge in [0.2, 0.25) is 10.0 Å². The Bertz CT molecular complexity index is 795. The van der Waals surface area contributed by atoms with Crippen molar-refractivity contribution in [1.82, 2.24) is 14.7 Å². The van der Waals surface area contributed by atoms with Crippen LogP contribution in [0.2, 0.25) is 0 Å². The summed E-state index contributed by atoms with van der Waals surface area (Å²) in [5.74, 6) is 0.384. The Balaban J connectivity index is 2.57. The fourth-order valence-corrected chi connectivity index (χ4v) is 2.81. The summed E-state index contributed by atoms with van der Waals surface area (Å²) in [6.07, 6.45) is 1.55. The summed E-state index contributed by atoms with van der Waals surface area (Å²) in [7, 11) is -2.12. The molecule has 0 spiro atoms. The van der Waals surface area contributed by atoms with Crippen molar-refractivity contribution in [3.63, 3.8) is 0 Å². The van der Waals surface area contributed by atoms with Gasteiger partial charge in [-0.25, -0.2) is 23.1 Å². The molecule has 0 atom stereocenters. The quantitative estimate of drug-likeness (QED) is 0.900. The maximum Gasteiger partial charge on any atom is 0.240 e. The average Bonchev–Trinajstić information content (AvgIpc) is 2.46. The fourth-order valence-electron chi connectivity index (χ4n) is 2.03. The van der Waals surface area contributed by atoms with Crippen LogP contribution in [0.3, 0.4) is 0 Å². The SMILES string of the molecule is CNS(=O)(=O)c1cccc(-c2cnc(N)c(C(C)(C)C)n2)c1. The normalized spacial score (nSPS) is 12.4. The molecule has 118 valence electrons. The molecule has 0 amide bonds. The van der Waals surface area contributed by atoms with E-state index in [0.29, 0.717) is 22.8 Å². The van der Waals surface area contributed by atoms with Crippen LogP contribution in [0.25, 0.3) is 11.3 Å². The molecular weight excluding hydrogens is 300 g/mol. The summed E-state index contributed by atoms with van der Waals surface area (Å²) >= 11 is 0. The summed E-state index contributed by atoms with van der Waals surface area (Å²) in [5, 5.41) is 0. The van der Waals surface area contributed by atoms with Crippen LogP contribution in [0.5, 0.6) is 0 Å². The molecule has 22 heavy (non-hydrogen) atoms. The smallest absolute Gasteiger partial charge is 0.240 e. The number of nitrogens with zero attached hydrogens (tertiary/aromatic N) is 2. The van der Waals surface area contributed by atoms with E-state index in [0.717, 1.165) is 0 Å². The van der Waals surface area contributed by atoms with Gasteiger partial charge >= 0.3 is 0 Å². The van der Waals surface area contributed by atoms with Crippen LogP contribution >= 0.6 is 0 Å². The number of hydrogen-bond donors (Lipinski definition) is 2. The molecule has 2 aromatic rings. The predicted octanol–water partition coefficient (Wildman–Crippen LogP) is 1.93. The second-order valence-corrected chi connectivity index (χ2v) is 7.86. The minimum Gasteiger partial charge on any atom is -0.382 e. The molecule has 0 bridgehead atoms. The van der Waals surface area contributed by atoms with Crippen molar-refractivity contribution in [3.05, 3.63) is 36.2 Å². The number of anilines is 1. The van der Waals surface area contributed by atoms with E-state index in [1.165, 1.54) is 13.1 Å². The number of nitrogens with two attached hydrogens (primary N) is 1. The van der Waals surface area contributed by atoms with Crippen molar-refractivity contribution < 1.29 is 8.42 Å². The number of sulfonamides is 1. The van der Waals surface area contributed by atoms with Gasteiger partial charge in [-0.2, -0.15) is 0 Å². The molecule has 1 aromatic carbocycles. The van der Waals surface area contributed by atoms with E-state index in [1.54, 1.807) is 24.4 Å². The molecule has 6 nitrogen and oxygen atoms in total. The van der Waals surface area contributed by atoms with Crippen LogP contribution in [-0.2, 0) is 15.4 Å². The fraction of sp³-hybridized carbons (Fsp3) is 0.333. The summed E-state index contributed by atoms with van der Waals surface area (Å²) in [5.41, 5.74) is 7.60. The van der Waals surface area contributed by atoms with Crippen LogP contribution < -0.4 is 10.5 Å². The molecule has 1 aromatic heterocycles. The van der Waals surface area contributed by atoms with E-state index >= 15 is 0 Å². The first-order valence-corrected chi connectivity index (χ1v) is 8.30. The molecule has 0 radical (unpaired) electrons. The predicted molar refractivity (Wildman–Crippen MR) is 86.8 cm³/mol. The first kappa shape index (κ1) is 16.4. The lowest BCUT2D eigenvalue weighted by Gasteiger charge is -2.19. The summed E-state index contributed by atoms with van der Waals surface area (Å²) in [6.45, 7) is 6.00. The highest BCUT2D eigenvalue weighted by atomic mass is 32.2. The molecule has 0 saturated heterocycles. The summed E-state index contributed by atoms with van der Waals surface area (Å²) in [4.78, 5) is 8.93. The van der Waals surface area contributed by atoms with Crippen LogP contribution in [-0.4, -0.2) is 25.4 Å². The van der Waals surface area contributed by atoms with Crippen LogP contribution in [0.1, 0.15) is 26.5 Å². The van der Waals surface area contributed by atoms with Gasteiger partial charge < -0.3 is 5.73 Å². The van der Waals surface area contributed by atoms with Gasteiger partial charge in [0.15, 0.2) is 0 Å². The molecule has 7 heteroatoms. The van der Waals surface area contributed by atoms with Gasteiger partial charge in [0, 0.05) is 11.0 Å². The molecule has 0 aliphatic rings. The third-order valence-electron chi connectivity index (χ3n) is 3.22. The molecular formula is C15H20N4O2S. The molecule has 0 aliphatic heterocycles. The lowest BCUT2D eigenvalue weighted by Crippen LogP contribution is -2.19. The molecule has 0 aliphatic carbocycles. The van der Waals surface area contributed by atoms with Gasteiger partial charge in [-0.15, -0.1) is 0 Å². The molecule has 0 saturated carbocycles. The van der Waals surface area contributed by atoms with Crippen molar-refractivity contribution in [2.45, 2.75) is 31.1 Å². The van der Waals surface area contributed by atoms with E-state index in [-0.39, 0.29) is 10.3 Å². The van der Waals surface area contributed by atoms with Gasteiger partial charge in [-0.05, 0) is 19.2 Å². The highest BCUT2D eigenvalue weighted by Crippen LogP contribution is 2.28. The first-order chi connectivity index (χ1) is 10.1. The Morgan fingerprint density at radius 2 is 1.91 bits per heavy atom. The number of nitrogens with one attached hydrogen (secondary N) is 1. The zero-order valence-electron chi connectivity index (χ0n) is 13.1. The maximum atomic E-state index is 11.9. The minimum absolute atomic E-state index is 0.184. The van der Waals surface area contributed by atoms with Crippen molar-refractivity contribution in [2.75, 3.05) is 12.8 Å². The molecule has 3 N–H and O–H groups in total. The van der Waals surface area contributed by atoms with Gasteiger partial charge in [0.25, 0.3) is 0 Å². The van der Waals surface area contributed by atoms with E-state index in [2.05, 4.69) is 14.7 Å². The van der Waals surface area contributed by atoms with Gasteiger partial charge in [0.1, 0.15) is 5.82 Å². The zero-order valence-corrected chi connectivity index (χ0v) is 13.9. The molecule has 2 rings (SSSR count). The molecule has 0 fully saturated rings. The Morgan fingerprint density at radius 1 is 1.23 bits per heavy atom. The van der Waals surface area contributed by atoms with Gasteiger partial charge in [-0.3, -0.25) is 0 Å². The van der Waals surface area contributed by atoms with E-state index in [4.69, 9.17) is 5.73 Å². The van der Waals surface area contributed by atoms with Gasteiger partial charge in [0.05, 0.1) is 22.5 Å². The third-order valence-corrected chi connectivity index (χ3v) is 4.63. The van der Waals surface area contributed by atoms with E-state index < -0.39 is 10.0 Å². The van der Waals surface area contributed by atoms with Crippen molar-refractivity contribution >= 4 is 15.8 Å². The summed E-state index contributed by atoms with van der Waals surface area (Å²) in [6, 6.07) is 6.57. The third kappa shape index (κ3) is 3.26. The summed E-state index contributed by atoms with van der Waals surface area (Å²) < 4.78 is 26.1. The first-order valence-electron chi connectivity index (χ1n) is 6.82. The Morgan fingerprint density at radius 3 is 2.50 bits per heavy atom. The number of benzene rings is 1. The Hall–Kier alpha value is -1.99. The second-order valence-electron chi connectivity index (χ2n) is 5.97. The van der Waals surface area contributed by atoms with Crippen LogP contribution in [0.15, 0.2) is 35.4 Å². The number of hydrogen-bond acceptors (Lipinski definition) is 5. The van der Waals surface area contributed by atoms with Crippen molar-refractivity contribution in [1.29, 1.82) is 0 Å². The average molecular weight is 320 g/mol. The highest BCUT2D eigenvalue weighted by molar-refractivity contribution is 7.89. The lowest BCUT2D eigenvalue weighted by atomic mass is 9.91. The highest BCUT2D eigenvalue weighted by Gasteiger charge is 2.21. The number of aromatic nitrogens is 2.